The van der Waals surface area contributed by atoms with E-state index in [0.29, 0.717) is 5.56 Å². The zero-order valence-corrected chi connectivity index (χ0v) is 7.01. The Morgan fingerprint density at radius 1 is 1.58 bits per heavy atom. The number of allylic oxidation sites excluding steroid dienone is 1. The predicted molar refractivity (Wildman–Crippen MR) is 47.6 cm³/mol. The van der Waals surface area contributed by atoms with E-state index in [2.05, 4.69) is 6.58 Å². The first-order valence-electron chi connectivity index (χ1n) is 3.30. The first-order chi connectivity index (χ1) is 5.65. The molecule has 0 amide bonds. The number of halogens is 1. The molecule has 0 aromatic heterocycles. The summed E-state index contributed by atoms with van der Waals surface area (Å²) < 4.78 is 0. The second-order valence-corrected chi connectivity index (χ2v) is 2.64. The highest BCUT2D eigenvalue weighted by Crippen LogP contribution is 2.21. The molecule has 0 bridgehead atoms. The van der Waals surface area contributed by atoms with E-state index in [1.807, 2.05) is 0 Å². The van der Waals surface area contributed by atoms with Crippen molar-refractivity contribution >= 4 is 17.4 Å². The molecule has 62 valence electrons. The van der Waals surface area contributed by atoms with Crippen molar-refractivity contribution in [2.75, 3.05) is 0 Å². The lowest BCUT2D eigenvalue weighted by Gasteiger charge is -1.99. The lowest BCUT2D eigenvalue weighted by atomic mass is 10.1. The highest BCUT2D eigenvalue weighted by Gasteiger charge is 2.06. The lowest BCUT2D eigenvalue weighted by Crippen LogP contribution is -1.93. The van der Waals surface area contributed by atoms with Crippen molar-refractivity contribution in [3.05, 3.63) is 41.4 Å². The van der Waals surface area contributed by atoms with E-state index in [-0.39, 0.29) is 16.6 Å². The number of rotatable bonds is 2. The average Bonchev–Trinajstić information content (AvgIpc) is 2.03. The summed E-state index contributed by atoms with van der Waals surface area (Å²) >= 11 is 5.67. The SMILES string of the molecule is C=CC(=O)c1ccc(O)cc1Cl. The summed E-state index contributed by atoms with van der Waals surface area (Å²) in [7, 11) is 0. The molecule has 12 heavy (non-hydrogen) atoms. The van der Waals surface area contributed by atoms with E-state index in [0.717, 1.165) is 0 Å². The summed E-state index contributed by atoms with van der Waals surface area (Å²) in [6, 6.07) is 4.18. The van der Waals surface area contributed by atoms with Gasteiger partial charge in [0.15, 0.2) is 5.78 Å². The number of aromatic hydroxyl groups is 1. The Bertz CT molecular complexity index is 331. The maximum absolute atomic E-state index is 11.1. The predicted octanol–water partition coefficient (Wildman–Crippen LogP) is 2.41. The molecular weight excluding hydrogens is 176 g/mol. The standard InChI is InChI=1S/C9H7ClO2/c1-2-9(12)7-4-3-6(11)5-8(7)10/h2-5,11H,1H2. The molecule has 2 nitrogen and oxygen atoms in total. The minimum absolute atomic E-state index is 0.0422. The van der Waals surface area contributed by atoms with Crippen LogP contribution in [0.2, 0.25) is 5.02 Å². The van der Waals surface area contributed by atoms with Crippen LogP contribution in [0.25, 0.3) is 0 Å². The molecular formula is C9H7ClO2. The summed E-state index contributed by atoms with van der Waals surface area (Å²) in [6.07, 6.45) is 1.18. The third kappa shape index (κ3) is 1.66. The summed E-state index contributed by atoms with van der Waals surface area (Å²) in [5.41, 5.74) is 0.351. The van der Waals surface area contributed by atoms with E-state index in [1.54, 1.807) is 0 Å². The van der Waals surface area contributed by atoms with Crippen molar-refractivity contribution in [2.24, 2.45) is 0 Å². The quantitative estimate of drug-likeness (QED) is 0.564. The summed E-state index contributed by atoms with van der Waals surface area (Å²) in [6.45, 7) is 3.33. The number of phenolic OH excluding ortho intramolecular Hbond substituents is 1. The number of hydrogen-bond acceptors (Lipinski definition) is 2. The van der Waals surface area contributed by atoms with Gasteiger partial charge in [0.05, 0.1) is 5.02 Å². The number of hydrogen-bond donors (Lipinski definition) is 1. The molecule has 0 saturated heterocycles. The van der Waals surface area contributed by atoms with E-state index in [4.69, 9.17) is 16.7 Å². The Hall–Kier alpha value is -1.28. The first kappa shape index (κ1) is 8.81. The molecule has 3 heteroatoms. The van der Waals surface area contributed by atoms with Crippen LogP contribution in [0, 0.1) is 0 Å². The van der Waals surface area contributed by atoms with E-state index in [1.165, 1.54) is 24.3 Å². The highest BCUT2D eigenvalue weighted by atomic mass is 35.5. The highest BCUT2D eigenvalue weighted by molar-refractivity contribution is 6.34. The Kier molecular flexibility index (Phi) is 2.51. The van der Waals surface area contributed by atoms with E-state index >= 15 is 0 Å². The van der Waals surface area contributed by atoms with Crippen LogP contribution in [0.15, 0.2) is 30.9 Å². The summed E-state index contributed by atoms with van der Waals surface area (Å²) in [4.78, 5) is 11.1. The zero-order valence-electron chi connectivity index (χ0n) is 6.25. The van der Waals surface area contributed by atoms with Crippen molar-refractivity contribution in [1.82, 2.24) is 0 Å². The molecule has 0 spiro atoms. The fourth-order valence-corrected chi connectivity index (χ4v) is 1.08. The fraction of sp³-hybridized carbons (Fsp3) is 0. The molecule has 1 N–H and O–H groups in total. The molecule has 1 aromatic carbocycles. The van der Waals surface area contributed by atoms with Crippen LogP contribution in [0.1, 0.15) is 10.4 Å². The number of phenols is 1. The van der Waals surface area contributed by atoms with Crippen molar-refractivity contribution < 1.29 is 9.90 Å². The molecule has 1 rings (SSSR count). The second-order valence-electron chi connectivity index (χ2n) is 2.23. The molecule has 0 aliphatic heterocycles. The van der Waals surface area contributed by atoms with Crippen LogP contribution in [-0.2, 0) is 0 Å². The van der Waals surface area contributed by atoms with Crippen molar-refractivity contribution in [3.63, 3.8) is 0 Å². The van der Waals surface area contributed by atoms with E-state index < -0.39 is 0 Å². The Labute approximate surface area is 75.1 Å². The van der Waals surface area contributed by atoms with Gasteiger partial charge in [0, 0.05) is 5.56 Å². The topological polar surface area (TPSA) is 37.3 Å². The molecule has 0 heterocycles. The second kappa shape index (κ2) is 3.41. The largest absolute Gasteiger partial charge is 0.508 e. The maximum Gasteiger partial charge on any atom is 0.186 e. The van der Waals surface area contributed by atoms with Gasteiger partial charge in [-0.25, -0.2) is 0 Å². The monoisotopic (exact) mass is 182 g/mol. The van der Waals surface area contributed by atoms with Gasteiger partial charge in [-0.3, -0.25) is 4.79 Å². The molecule has 0 radical (unpaired) electrons. The fourth-order valence-electron chi connectivity index (χ4n) is 0.814. The van der Waals surface area contributed by atoms with Crippen molar-refractivity contribution in [1.29, 1.82) is 0 Å². The molecule has 1 aromatic rings. The van der Waals surface area contributed by atoms with Crippen LogP contribution >= 0.6 is 11.6 Å². The van der Waals surface area contributed by atoms with Crippen LogP contribution in [0.4, 0.5) is 0 Å². The third-order valence-corrected chi connectivity index (χ3v) is 1.72. The van der Waals surface area contributed by atoms with Gasteiger partial charge in [0.1, 0.15) is 5.75 Å². The minimum Gasteiger partial charge on any atom is -0.508 e. The van der Waals surface area contributed by atoms with Gasteiger partial charge in [-0.15, -0.1) is 0 Å². The molecule has 0 unspecified atom stereocenters. The molecule has 0 aliphatic carbocycles. The number of carbonyl (C=O) groups excluding carboxylic acids is 1. The molecule has 0 atom stereocenters. The van der Waals surface area contributed by atoms with Crippen molar-refractivity contribution in [3.8, 4) is 5.75 Å². The van der Waals surface area contributed by atoms with Gasteiger partial charge in [0.25, 0.3) is 0 Å². The zero-order chi connectivity index (χ0) is 9.14. The first-order valence-corrected chi connectivity index (χ1v) is 3.68. The van der Waals surface area contributed by atoms with E-state index in [9.17, 15) is 4.79 Å². The van der Waals surface area contributed by atoms with Crippen LogP contribution in [-0.4, -0.2) is 10.9 Å². The van der Waals surface area contributed by atoms with Gasteiger partial charge in [-0.05, 0) is 24.3 Å². The Morgan fingerprint density at radius 2 is 2.25 bits per heavy atom. The summed E-state index contributed by atoms with van der Waals surface area (Å²) in [5, 5.41) is 9.21. The van der Waals surface area contributed by atoms with Gasteiger partial charge < -0.3 is 5.11 Å². The minimum atomic E-state index is -0.250. The maximum atomic E-state index is 11.1. The van der Waals surface area contributed by atoms with Crippen LogP contribution in [0.5, 0.6) is 5.75 Å². The number of carbonyl (C=O) groups is 1. The van der Waals surface area contributed by atoms with Crippen LogP contribution in [0.3, 0.4) is 0 Å². The average molecular weight is 183 g/mol. The smallest absolute Gasteiger partial charge is 0.186 e. The lowest BCUT2D eigenvalue weighted by molar-refractivity contribution is 0.104. The molecule has 0 aliphatic rings. The normalized spacial score (nSPS) is 9.42. The summed E-state index contributed by atoms with van der Waals surface area (Å²) in [5.74, 6) is -0.208. The van der Waals surface area contributed by atoms with Crippen molar-refractivity contribution in [2.45, 2.75) is 0 Å². The van der Waals surface area contributed by atoms with Gasteiger partial charge in [-0.2, -0.15) is 0 Å². The van der Waals surface area contributed by atoms with Crippen LogP contribution < -0.4 is 0 Å². The Morgan fingerprint density at radius 3 is 2.75 bits per heavy atom. The Balaban J connectivity index is 3.18. The van der Waals surface area contributed by atoms with Gasteiger partial charge in [-0.1, -0.05) is 18.2 Å². The molecule has 0 fully saturated rings. The number of ketones is 1. The third-order valence-electron chi connectivity index (χ3n) is 1.40. The number of benzene rings is 1. The van der Waals surface area contributed by atoms with Gasteiger partial charge in [0.2, 0.25) is 0 Å². The van der Waals surface area contributed by atoms with Gasteiger partial charge >= 0.3 is 0 Å². The molecule has 0 saturated carbocycles.